The van der Waals surface area contributed by atoms with E-state index >= 15 is 0 Å². The summed E-state index contributed by atoms with van der Waals surface area (Å²) in [6, 6.07) is 0. The molecule has 0 unspecified atom stereocenters. The molecule has 0 fully saturated rings. The Hall–Kier alpha value is -1.82. The molecular formula is C12H16N6. The van der Waals surface area contributed by atoms with Gasteiger partial charge in [0, 0.05) is 25.1 Å². The van der Waals surface area contributed by atoms with E-state index in [0.717, 1.165) is 30.9 Å². The van der Waals surface area contributed by atoms with Crippen molar-refractivity contribution in [2.75, 3.05) is 6.54 Å². The lowest BCUT2D eigenvalue weighted by molar-refractivity contribution is 0.609. The average Bonchev–Trinajstić information content (AvgIpc) is 2.91. The molecule has 18 heavy (non-hydrogen) atoms. The number of nitrogens with zero attached hydrogens (tertiary/aromatic N) is 4. The van der Waals surface area contributed by atoms with Gasteiger partial charge in [0.25, 0.3) is 0 Å². The predicted molar refractivity (Wildman–Crippen MR) is 66.9 cm³/mol. The van der Waals surface area contributed by atoms with E-state index in [1.54, 1.807) is 6.20 Å². The van der Waals surface area contributed by atoms with Gasteiger partial charge in [-0.05, 0) is 5.92 Å². The highest BCUT2D eigenvalue weighted by Crippen LogP contribution is 2.24. The topological polar surface area (TPSA) is 79.4 Å². The predicted octanol–water partition coefficient (Wildman–Crippen LogP) is 1.03. The van der Waals surface area contributed by atoms with E-state index in [9.17, 15) is 0 Å². The van der Waals surface area contributed by atoms with Gasteiger partial charge in [-0.15, -0.1) is 0 Å². The maximum absolute atomic E-state index is 4.65. The SMILES string of the molecule is CC(C)c1nc(-c2cn[nH]n2)nc2c1CNCC2. The first-order valence-electron chi connectivity index (χ1n) is 6.22. The van der Waals surface area contributed by atoms with Gasteiger partial charge in [0.1, 0.15) is 5.69 Å². The number of hydrogen-bond acceptors (Lipinski definition) is 5. The van der Waals surface area contributed by atoms with Crippen molar-refractivity contribution in [3.05, 3.63) is 23.1 Å². The molecule has 0 radical (unpaired) electrons. The Balaban J connectivity index is 2.15. The molecule has 1 aliphatic rings. The van der Waals surface area contributed by atoms with Gasteiger partial charge in [0.15, 0.2) is 5.82 Å². The maximum Gasteiger partial charge on any atom is 0.182 e. The molecule has 0 atom stereocenters. The van der Waals surface area contributed by atoms with Gasteiger partial charge in [0.05, 0.1) is 17.6 Å². The fourth-order valence-corrected chi connectivity index (χ4v) is 2.27. The first-order chi connectivity index (χ1) is 8.75. The van der Waals surface area contributed by atoms with Crippen LogP contribution in [0.5, 0.6) is 0 Å². The summed E-state index contributed by atoms with van der Waals surface area (Å²) in [5, 5.41) is 13.9. The van der Waals surface area contributed by atoms with E-state index in [0.29, 0.717) is 17.4 Å². The largest absolute Gasteiger partial charge is 0.312 e. The number of hydrogen-bond donors (Lipinski definition) is 2. The zero-order chi connectivity index (χ0) is 12.5. The van der Waals surface area contributed by atoms with Crippen LogP contribution >= 0.6 is 0 Å². The monoisotopic (exact) mass is 244 g/mol. The standard InChI is InChI=1S/C12H16N6/c1-7(2)11-8-5-13-4-3-9(8)15-12(16-11)10-6-14-18-17-10/h6-7,13H,3-5H2,1-2H3,(H,14,17,18). The summed E-state index contributed by atoms with van der Waals surface area (Å²) in [6.45, 7) is 6.15. The summed E-state index contributed by atoms with van der Waals surface area (Å²) >= 11 is 0. The summed E-state index contributed by atoms with van der Waals surface area (Å²) in [6.07, 6.45) is 2.61. The second kappa shape index (κ2) is 4.45. The van der Waals surface area contributed by atoms with Crippen molar-refractivity contribution in [3.63, 3.8) is 0 Å². The lowest BCUT2D eigenvalue weighted by Gasteiger charge is -2.21. The molecule has 2 N–H and O–H groups in total. The highest BCUT2D eigenvalue weighted by atomic mass is 15.3. The Kier molecular flexibility index (Phi) is 2.79. The van der Waals surface area contributed by atoms with E-state index in [4.69, 9.17) is 0 Å². The van der Waals surface area contributed by atoms with Crippen LogP contribution in [0.2, 0.25) is 0 Å². The number of nitrogens with one attached hydrogen (secondary N) is 2. The van der Waals surface area contributed by atoms with Gasteiger partial charge in [-0.25, -0.2) is 9.97 Å². The Bertz CT molecular complexity index is 546. The van der Waals surface area contributed by atoms with E-state index in [-0.39, 0.29) is 0 Å². The van der Waals surface area contributed by atoms with Gasteiger partial charge in [-0.3, -0.25) is 0 Å². The van der Waals surface area contributed by atoms with Gasteiger partial charge in [-0.1, -0.05) is 13.8 Å². The Labute approximate surface area is 105 Å². The quantitative estimate of drug-likeness (QED) is 0.825. The van der Waals surface area contributed by atoms with Crippen molar-refractivity contribution in [2.45, 2.75) is 32.7 Å². The molecule has 0 aromatic carbocycles. The smallest absolute Gasteiger partial charge is 0.182 e. The van der Waals surface area contributed by atoms with Crippen molar-refractivity contribution < 1.29 is 0 Å². The molecule has 94 valence electrons. The highest BCUT2D eigenvalue weighted by Gasteiger charge is 2.20. The minimum absolute atomic E-state index is 0.382. The first kappa shape index (κ1) is 11.3. The zero-order valence-corrected chi connectivity index (χ0v) is 10.6. The third kappa shape index (κ3) is 1.88. The van der Waals surface area contributed by atoms with Crippen LogP contribution < -0.4 is 5.32 Å². The maximum atomic E-state index is 4.65. The summed E-state index contributed by atoms with van der Waals surface area (Å²) < 4.78 is 0. The minimum Gasteiger partial charge on any atom is -0.312 e. The summed E-state index contributed by atoms with van der Waals surface area (Å²) in [5.74, 6) is 1.06. The van der Waals surface area contributed by atoms with Crippen molar-refractivity contribution in [3.8, 4) is 11.5 Å². The Morgan fingerprint density at radius 2 is 2.17 bits per heavy atom. The average molecular weight is 244 g/mol. The molecule has 3 rings (SSSR count). The van der Waals surface area contributed by atoms with Crippen molar-refractivity contribution >= 4 is 0 Å². The highest BCUT2D eigenvalue weighted by molar-refractivity contribution is 5.49. The number of fused-ring (bicyclic) bond motifs is 1. The number of aromatic nitrogens is 5. The fraction of sp³-hybridized carbons (Fsp3) is 0.500. The Morgan fingerprint density at radius 3 is 2.89 bits per heavy atom. The van der Waals surface area contributed by atoms with Crippen LogP contribution in [0.1, 0.15) is 36.7 Å². The van der Waals surface area contributed by atoms with Crippen molar-refractivity contribution in [1.29, 1.82) is 0 Å². The van der Waals surface area contributed by atoms with Gasteiger partial charge >= 0.3 is 0 Å². The second-order valence-electron chi connectivity index (χ2n) is 4.79. The summed E-state index contributed by atoms with van der Waals surface area (Å²) in [4.78, 5) is 9.28. The van der Waals surface area contributed by atoms with Crippen molar-refractivity contribution in [1.82, 2.24) is 30.7 Å². The van der Waals surface area contributed by atoms with Gasteiger partial charge < -0.3 is 5.32 Å². The molecule has 0 bridgehead atoms. The van der Waals surface area contributed by atoms with Crippen LogP contribution in [0.4, 0.5) is 0 Å². The third-order valence-corrected chi connectivity index (χ3v) is 3.16. The molecule has 2 aromatic heterocycles. The molecule has 3 heterocycles. The van der Waals surface area contributed by atoms with Crippen LogP contribution in [-0.2, 0) is 13.0 Å². The molecule has 0 spiro atoms. The minimum atomic E-state index is 0.382. The van der Waals surface area contributed by atoms with E-state index in [1.807, 2.05) is 0 Å². The molecule has 6 heteroatoms. The fourth-order valence-electron chi connectivity index (χ4n) is 2.27. The Morgan fingerprint density at radius 1 is 1.28 bits per heavy atom. The molecule has 1 aliphatic heterocycles. The van der Waals surface area contributed by atoms with Gasteiger partial charge in [0.2, 0.25) is 0 Å². The normalized spacial score (nSPS) is 14.8. The van der Waals surface area contributed by atoms with Crippen LogP contribution in [0, 0.1) is 0 Å². The van der Waals surface area contributed by atoms with E-state index < -0.39 is 0 Å². The van der Waals surface area contributed by atoms with Gasteiger partial charge in [-0.2, -0.15) is 15.4 Å². The van der Waals surface area contributed by atoms with Crippen LogP contribution in [0.25, 0.3) is 11.5 Å². The molecular weight excluding hydrogens is 228 g/mol. The molecule has 2 aromatic rings. The van der Waals surface area contributed by atoms with Crippen LogP contribution in [0.15, 0.2) is 6.20 Å². The molecule has 0 saturated heterocycles. The first-order valence-corrected chi connectivity index (χ1v) is 6.22. The van der Waals surface area contributed by atoms with Crippen molar-refractivity contribution in [2.24, 2.45) is 0 Å². The summed E-state index contributed by atoms with van der Waals surface area (Å²) in [5.41, 5.74) is 4.22. The third-order valence-electron chi connectivity index (χ3n) is 3.16. The van der Waals surface area contributed by atoms with E-state index in [2.05, 4.69) is 44.5 Å². The number of aromatic amines is 1. The van der Waals surface area contributed by atoms with Crippen LogP contribution in [-0.4, -0.2) is 31.9 Å². The molecule has 0 aliphatic carbocycles. The molecule has 6 nitrogen and oxygen atoms in total. The summed E-state index contributed by atoms with van der Waals surface area (Å²) in [7, 11) is 0. The number of rotatable bonds is 2. The van der Waals surface area contributed by atoms with Crippen LogP contribution in [0.3, 0.4) is 0 Å². The second-order valence-corrected chi connectivity index (χ2v) is 4.79. The lowest BCUT2D eigenvalue weighted by Crippen LogP contribution is -2.27. The lowest BCUT2D eigenvalue weighted by atomic mass is 9.98. The van der Waals surface area contributed by atoms with E-state index in [1.165, 1.54) is 5.56 Å². The molecule has 0 saturated carbocycles. The molecule has 0 amide bonds. The number of H-pyrrole nitrogens is 1. The zero-order valence-electron chi connectivity index (χ0n) is 10.6.